The number of hydrogen-bond acceptors (Lipinski definition) is 6. The molecule has 7 nitrogen and oxygen atoms in total. The van der Waals surface area contributed by atoms with Gasteiger partial charge in [-0.2, -0.15) is 10.5 Å². The third kappa shape index (κ3) is 3.29. The van der Waals surface area contributed by atoms with Crippen molar-refractivity contribution in [2.45, 2.75) is 13.0 Å². The third-order valence-corrected chi connectivity index (χ3v) is 4.51. The average molecular weight is 353 g/mol. The molecular formula is C20H15N7. The van der Waals surface area contributed by atoms with E-state index in [4.69, 9.17) is 5.26 Å². The summed E-state index contributed by atoms with van der Waals surface area (Å²) in [7, 11) is 0. The summed E-state index contributed by atoms with van der Waals surface area (Å²) < 4.78 is 2.03. The second-order valence-electron chi connectivity index (χ2n) is 6.30. The van der Waals surface area contributed by atoms with Gasteiger partial charge in [0.2, 0.25) is 0 Å². The molecule has 7 heteroatoms. The minimum atomic E-state index is -0.144. The molecule has 0 aromatic carbocycles. The predicted octanol–water partition coefficient (Wildman–Crippen LogP) is 2.18. The molecule has 130 valence electrons. The molecule has 2 aliphatic heterocycles. The van der Waals surface area contributed by atoms with E-state index in [9.17, 15) is 5.26 Å². The van der Waals surface area contributed by atoms with Gasteiger partial charge in [0.15, 0.2) is 11.5 Å². The zero-order valence-corrected chi connectivity index (χ0v) is 14.4. The molecule has 0 amide bonds. The Labute approximate surface area is 156 Å². The topological polar surface area (TPSA) is 93.9 Å². The number of fused-ring (bicyclic) bond motifs is 1. The molecule has 0 aliphatic carbocycles. The first-order valence-corrected chi connectivity index (χ1v) is 8.56. The van der Waals surface area contributed by atoms with Gasteiger partial charge >= 0.3 is 0 Å². The van der Waals surface area contributed by atoms with Crippen molar-refractivity contribution in [1.29, 1.82) is 10.5 Å². The lowest BCUT2D eigenvalue weighted by Crippen LogP contribution is -2.23. The zero-order chi connectivity index (χ0) is 18.6. The van der Waals surface area contributed by atoms with E-state index in [1.807, 2.05) is 34.0 Å². The first-order valence-electron chi connectivity index (χ1n) is 8.56. The summed E-state index contributed by atoms with van der Waals surface area (Å²) >= 11 is 0. The van der Waals surface area contributed by atoms with Crippen molar-refractivity contribution in [3.05, 3.63) is 47.8 Å². The standard InChI is InChI=1S/C20H15N7/c21-10-16-9-15(12-23-13-16)1-2-17-3-4-18-14-26(7-8-27(17)18)20-19(11-22)24-5-6-25-20/h3-8,13,15-16H,9,12,14H2. The maximum atomic E-state index is 9.22. The van der Waals surface area contributed by atoms with Crippen molar-refractivity contribution in [2.24, 2.45) is 16.8 Å². The van der Waals surface area contributed by atoms with Crippen LogP contribution in [0.2, 0.25) is 0 Å². The van der Waals surface area contributed by atoms with Crippen LogP contribution in [-0.2, 0) is 6.54 Å². The molecule has 0 N–H and O–H groups in total. The SMILES string of the molecule is N#Cc1nccnc1N1C=Cn2c(C#CC3CN=CC(C#N)C3)ccc2C1. The van der Waals surface area contributed by atoms with Gasteiger partial charge < -0.3 is 9.47 Å². The zero-order valence-electron chi connectivity index (χ0n) is 14.4. The number of anilines is 1. The molecule has 0 saturated heterocycles. The molecule has 0 radical (unpaired) electrons. The van der Waals surface area contributed by atoms with Gasteiger partial charge in [-0.05, 0) is 24.5 Å². The maximum Gasteiger partial charge on any atom is 0.183 e. The lowest BCUT2D eigenvalue weighted by molar-refractivity contribution is 0.566. The number of aromatic nitrogens is 3. The van der Waals surface area contributed by atoms with Crippen molar-refractivity contribution in [2.75, 3.05) is 11.4 Å². The van der Waals surface area contributed by atoms with Crippen LogP contribution < -0.4 is 4.90 Å². The highest BCUT2D eigenvalue weighted by atomic mass is 15.2. The van der Waals surface area contributed by atoms with Crippen molar-refractivity contribution < 1.29 is 0 Å². The maximum absolute atomic E-state index is 9.22. The molecule has 4 heterocycles. The number of nitrogens with zero attached hydrogens (tertiary/aromatic N) is 7. The Balaban J connectivity index is 1.55. The van der Waals surface area contributed by atoms with Crippen molar-refractivity contribution >= 4 is 18.2 Å². The molecule has 0 saturated carbocycles. The van der Waals surface area contributed by atoms with Crippen LogP contribution in [0.1, 0.15) is 23.5 Å². The van der Waals surface area contributed by atoms with Gasteiger partial charge in [-0.15, -0.1) is 0 Å². The van der Waals surface area contributed by atoms with Crippen LogP contribution in [0, 0.1) is 46.3 Å². The number of aliphatic imine (C=N–C) groups is 1. The van der Waals surface area contributed by atoms with Gasteiger partial charge in [-0.3, -0.25) is 4.99 Å². The largest absolute Gasteiger partial charge is 0.323 e. The van der Waals surface area contributed by atoms with E-state index in [0.717, 1.165) is 17.8 Å². The molecule has 0 bridgehead atoms. The van der Waals surface area contributed by atoms with Gasteiger partial charge in [0.05, 0.1) is 30.8 Å². The molecule has 0 spiro atoms. The Hall–Kier alpha value is -3.89. The molecular weight excluding hydrogens is 338 g/mol. The normalized spacial score (nSPS) is 20.1. The molecule has 0 fully saturated rings. The number of rotatable bonds is 1. The summed E-state index contributed by atoms with van der Waals surface area (Å²) in [6.45, 7) is 1.22. The average Bonchev–Trinajstić information content (AvgIpc) is 3.14. The molecule has 4 rings (SSSR count). The van der Waals surface area contributed by atoms with Crippen LogP contribution in [0.15, 0.2) is 35.7 Å². The van der Waals surface area contributed by atoms with Crippen molar-refractivity contribution in [3.8, 4) is 24.0 Å². The Bertz CT molecular complexity index is 1070. The third-order valence-electron chi connectivity index (χ3n) is 4.51. The molecule has 2 aliphatic rings. The first kappa shape index (κ1) is 16.6. The van der Waals surface area contributed by atoms with Crippen LogP contribution in [0.5, 0.6) is 0 Å². The van der Waals surface area contributed by atoms with E-state index >= 15 is 0 Å². The second-order valence-corrected chi connectivity index (χ2v) is 6.30. The van der Waals surface area contributed by atoms with E-state index in [1.54, 1.807) is 12.4 Å². The monoisotopic (exact) mass is 353 g/mol. The van der Waals surface area contributed by atoms with Gasteiger partial charge in [0.25, 0.3) is 0 Å². The van der Waals surface area contributed by atoms with Crippen LogP contribution in [0.3, 0.4) is 0 Å². The van der Waals surface area contributed by atoms with Crippen molar-refractivity contribution in [3.63, 3.8) is 0 Å². The van der Waals surface area contributed by atoms with Gasteiger partial charge in [-0.1, -0.05) is 5.92 Å². The van der Waals surface area contributed by atoms with Crippen LogP contribution >= 0.6 is 0 Å². The highest BCUT2D eigenvalue weighted by Crippen LogP contribution is 2.23. The Morgan fingerprint density at radius 3 is 2.85 bits per heavy atom. The Kier molecular flexibility index (Phi) is 4.39. The van der Waals surface area contributed by atoms with Gasteiger partial charge in [-0.25, -0.2) is 9.97 Å². The molecule has 2 aromatic rings. The summed E-state index contributed by atoms with van der Waals surface area (Å²) in [5.41, 5.74) is 2.24. The van der Waals surface area contributed by atoms with Gasteiger partial charge in [0.1, 0.15) is 6.07 Å². The highest BCUT2D eigenvalue weighted by molar-refractivity contribution is 5.65. The smallest absolute Gasteiger partial charge is 0.183 e. The lowest BCUT2D eigenvalue weighted by Gasteiger charge is -2.24. The second kappa shape index (κ2) is 7.15. The van der Waals surface area contributed by atoms with E-state index in [2.05, 4.69) is 38.9 Å². The van der Waals surface area contributed by atoms with Crippen LogP contribution in [0.25, 0.3) is 6.20 Å². The highest BCUT2D eigenvalue weighted by Gasteiger charge is 2.19. The minimum Gasteiger partial charge on any atom is -0.323 e. The molecule has 2 unspecified atom stereocenters. The Morgan fingerprint density at radius 2 is 2.00 bits per heavy atom. The predicted molar refractivity (Wildman–Crippen MR) is 100 cm³/mol. The van der Waals surface area contributed by atoms with Crippen LogP contribution in [-0.4, -0.2) is 27.3 Å². The van der Waals surface area contributed by atoms with Crippen LogP contribution in [0.4, 0.5) is 5.82 Å². The summed E-state index contributed by atoms with van der Waals surface area (Å²) in [6, 6.07) is 8.30. The van der Waals surface area contributed by atoms with Gasteiger partial charge in [0, 0.05) is 42.6 Å². The molecule has 2 aromatic heterocycles. The summed E-state index contributed by atoms with van der Waals surface area (Å²) in [4.78, 5) is 14.5. The fourth-order valence-electron chi connectivity index (χ4n) is 3.16. The first-order chi connectivity index (χ1) is 13.3. The Morgan fingerprint density at radius 1 is 1.11 bits per heavy atom. The molecule has 27 heavy (non-hydrogen) atoms. The fraction of sp³-hybridized carbons (Fsp3) is 0.250. The summed E-state index contributed by atoms with van der Waals surface area (Å²) in [5, 5.41) is 18.3. The number of hydrogen-bond donors (Lipinski definition) is 0. The molecule has 2 atom stereocenters. The lowest BCUT2D eigenvalue weighted by atomic mass is 9.94. The van der Waals surface area contributed by atoms with E-state index in [1.165, 1.54) is 6.20 Å². The quantitative estimate of drug-likeness (QED) is 0.733. The fourth-order valence-corrected chi connectivity index (χ4v) is 3.16. The summed E-state index contributed by atoms with van der Waals surface area (Å²) in [5.74, 6) is 6.98. The van der Waals surface area contributed by atoms with E-state index < -0.39 is 0 Å². The summed E-state index contributed by atoms with van der Waals surface area (Å²) in [6.07, 6.45) is 9.33. The minimum absolute atomic E-state index is 0.104. The van der Waals surface area contributed by atoms with Crippen molar-refractivity contribution in [1.82, 2.24) is 14.5 Å². The van der Waals surface area contributed by atoms with E-state index in [-0.39, 0.29) is 11.8 Å². The number of nitriles is 2. The van der Waals surface area contributed by atoms with E-state index in [0.29, 0.717) is 24.6 Å².